The highest BCUT2D eigenvalue weighted by atomic mass is 32.2. The monoisotopic (exact) mass is 213 g/mol. The molecule has 3 nitrogen and oxygen atoms in total. The van der Waals surface area contributed by atoms with Crippen LogP contribution in [0.15, 0.2) is 23.9 Å². The van der Waals surface area contributed by atoms with Crippen LogP contribution in [0, 0.1) is 0 Å². The van der Waals surface area contributed by atoms with Crippen LogP contribution in [-0.2, 0) is 11.1 Å². The first-order valence-corrected chi connectivity index (χ1v) is 6.17. The maximum Gasteiger partial charge on any atom is 0.160 e. The molecule has 1 heterocycles. The molecule has 2 atom stereocenters. The molecule has 1 aliphatic carbocycles. The van der Waals surface area contributed by atoms with Crippen molar-refractivity contribution in [2.24, 2.45) is 0 Å². The molecule has 4 heteroatoms. The fraction of sp³-hybridized carbons (Fsp3) is 0.600. The highest BCUT2D eigenvalue weighted by Gasteiger charge is 2.18. The predicted octanol–water partition coefficient (Wildman–Crippen LogP) is 1.52. The second-order valence-electron chi connectivity index (χ2n) is 3.73. The minimum atomic E-state index is -1.72. The summed E-state index contributed by atoms with van der Waals surface area (Å²) in [5.74, 6) is 0. The Morgan fingerprint density at radius 3 is 2.64 bits per heavy atom. The molecule has 0 radical (unpaired) electrons. The number of hydrogen-bond acceptors (Lipinski definition) is 2. The van der Waals surface area contributed by atoms with Crippen molar-refractivity contribution in [3.63, 3.8) is 0 Å². The largest absolute Gasteiger partial charge is 0.372 e. The molecule has 0 aromatic heterocycles. The third kappa shape index (κ3) is 2.07. The second kappa shape index (κ2) is 4.28. The number of rotatable bonds is 2. The van der Waals surface area contributed by atoms with Crippen LogP contribution >= 0.6 is 0 Å². The Kier molecular flexibility index (Phi) is 3.03. The maximum atomic E-state index is 10.8. The molecule has 2 rings (SSSR count). The maximum absolute atomic E-state index is 10.8. The molecule has 0 saturated carbocycles. The van der Waals surface area contributed by atoms with Gasteiger partial charge in [0, 0.05) is 18.8 Å². The summed E-state index contributed by atoms with van der Waals surface area (Å²) < 4.78 is 19.7. The molecule has 1 fully saturated rings. The quantitative estimate of drug-likeness (QED) is 0.707. The van der Waals surface area contributed by atoms with Crippen LogP contribution < -0.4 is 0 Å². The van der Waals surface area contributed by atoms with Crippen LogP contribution in [0.3, 0.4) is 0 Å². The van der Waals surface area contributed by atoms with Gasteiger partial charge in [-0.1, -0.05) is 12.2 Å². The Morgan fingerprint density at radius 2 is 2.14 bits per heavy atom. The number of nitrogens with zero attached hydrogens (tertiary/aromatic N) is 1. The molecular formula is C10H15NO2S. The van der Waals surface area contributed by atoms with Crippen LogP contribution in [0.5, 0.6) is 0 Å². The van der Waals surface area contributed by atoms with E-state index in [1.807, 2.05) is 12.2 Å². The van der Waals surface area contributed by atoms with E-state index in [1.165, 1.54) is 18.5 Å². The van der Waals surface area contributed by atoms with Gasteiger partial charge < -0.3 is 9.45 Å². The Morgan fingerprint density at radius 1 is 1.43 bits per heavy atom. The first kappa shape index (κ1) is 9.93. The van der Waals surface area contributed by atoms with Crippen molar-refractivity contribution in [2.45, 2.75) is 24.5 Å². The van der Waals surface area contributed by atoms with E-state index in [0.717, 1.165) is 13.1 Å². The first-order chi connectivity index (χ1) is 6.77. The summed E-state index contributed by atoms with van der Waals surface area (Å²) in [4.78, 5) is 2.34. The molecule has 78 valence electrons. The highest BCUT2D eigenvalue weighted by molar-refractivity contribution is 7.80. The standard InChI is InChI=1S/C10H15NO2S/c12-14(13)10-5-3-9(4-6-10)11-7-1-2-8-11/h3-5,10H,1-2,6-8H2,(H,12,13). The lowest BCUT2D eigenvalue weighted by Crippen LogP contribution is -2.21. The van der Waals surface area contributed by atoms with E-state index in [1.54, 1.807) is 0 Å². The van der Waals surface area contributed by atoms with Gasteiger partial charge in [0.25, 0.3) is 0 Å². The van der Waals surface area contributed by atoms with E-state index in [-0.39, 0.29) is 5.25 Å². The fourth-order valence-electron chi connectivity index (χ4n) is 1.95. The Bertz CT molecular complexity index is 292. The van der Waals surface area contributed by atoms with E-state index in [9.17, 15) is 4.21 Å². The minimum absolute atomic E-state index is 0.207. The smallest absolute Gasteiger partial charge is 0.160 e. The van der Waals surface area contributed by atoms with Crippen molar-refractivity contribution in [3.8, 4) is 0 Å². The molecule has 0 aromatic rings. The number of hydrogen-bond donors (Lipinski definition) is 1. The van der Waals surface area contributed by atoms with E-state index in [0.29, 0.717) is 6.42 Å². The Hall–Kier alpha value is -0.610. The Labute approximate surface area is 86.8 Å². The zero-order valence-electron chi connectivity index (χ0n) is 8.06. The molecule has 0 spiro atoms. The average molecular weight is 213 g/mol. The van der Waals surface area contributed by atoms with Crippen LogP contribution in [0.25, 0.3) is 0 Å². The summed E-state index contributed by atoms with van der Waals surface area (Å²) in [5.41, 5.74) is 1.23. The van der Waals surface area contributed by atoms with Crippen molar-refractivity contribution in [1.82, 2.24) is 4.90 Å². The lowest BCUT2D eigenvalue weighted by molar-refractivity contribution is 0.436. The van der Waals surface area contributed by atoms with E-state index >= 15 is 0 Å². The average Bonchev–Trinajstić information content (AvgIpc) is 2.71. The lowest BCUT2D eigenvalue weighted by atomic mass is 10.1. The summed E-state index contributed by atoms with van der Waals surface area (Å²) in [6.45, 7) is 2.26. The molecule has 2 unspecified atom stereocenters. The number of allylic oxidation sites excluding steroid dienone is 2. The van der Waals surface area contributed by atoms with E-state index in [4.69, 9.17) is 4.55 Å². The van der Waals surface area contributed by atoms with Gasteiger partial charge in [-0.2, -0.15) is 0 Å². The van der Waals surface area contributed by atoms with Crippen LogP contribution in [-0.4, -0.2) is 32.0 Å². The zero-order chi connectivity index (χ0) is 9.97. The van der Waals surface area contributed by atoms with Crippen molar-refractivity contribution >= 4 is 11.1 Å². The predicted molar refractivity (Wildman–Crippen MR) is 57.2 cm³/mol. The van der Waals surface area contributed by atoms with Crippen molar-refractivity contribution in [3.05, 3.63) is 23.9 Å². The first-order valence-electron chi connectivity index (χ1n) is 5.00. The third-order valence-corrected chi connectivity index (χ3v) is 3.64. The molecule has 14 heavy (non-hydrogen) atoms. The molecular weight excluding hydrogens is 198 g/mol. The van der Waals surface area contributed by atoms with Gasteiger partial charge in [-0.25, -0.2) is 4.21 Å². The van der Waals surface area contributed by atoms with Crippen molar-refractivity contribution in [1.29, 1.82) is 0 Å². The number of likely N-dealkylation sites (tertiary alicyclic amines) is 1. The summed E-state index contributed by atoms with van der Waals surface area (Å²) in [6.07, 6.45) is 9.12. The van der Waals surface area contributed by atoms with E-state index in [2.05, 4.69) is 11.0 Å². The van der Waals surface area contributed by atoms with Gasteiger partial charge in [-0.15, -0.1) is 0 Å². The normalized spacial score (nSPS) is 29.1. The minimum Gasteiger partial charge on any atom is -0.372 e. The molecule has 0 amide bonds. The Balaban J connectivity index is 1.98. The summed E-state index contributed by atoms with van der Waals surface area (Å²) in [7, 11) is 0. The van der Waals surface area contributed by atoms with Gasteiger partial charge in [-0.3, -0.25) is 0 Å². The summed E-state index contributed by atoms with van der Waals surface area (Å²) >= 11 is -1.72. The van der Waals surface area contributed by atoms with Gasteiger partial charge in [0.2, 0.25) is 0 Å². The van der Waals surface area contributed by atoms with Gasteiger partial charge in [-0.05, 0) is 25.3 Å². The fourth-order valence-corrected chi connectivity index (χ4v) is 2.42. The van der Waals surface area contributed by atoms with E-state index < -0.39 is 11.1 Å². The highest BCUT2D eigenvalue weighted by Crippen LogP contribution is 2.21. The van der Waals surface area contributed by atoms with Crippen LogP contribution in [0.1, 0.15) is 19.3 Å². The topological polar surface area (TPSA) is 40.5 Å². The van der Waals surface area contributed by atoms with Crippen molar-refractivity contribution < 1.29 is 8.76 Å². The van der Waals surface area contributed by atoms with Gasteiger partial charge in [0.1, 0.15) is 0 Å². The lowest BCUT2D eigenvalue weighted by Gasteiger charge is -2.22. The third-order valence-electron chi connectivity index (χ3n) is 2.77. The zero-order valence-corrected chi connectivity index (χ0v) is 8.87. The SMILES string of the molecule is O=S(O)C1C=CC(N2CCCC2)=CC1. The van der Waals surface area contributed by atoms with Gasteiger partial charge >= 0.3 is 0 Å². The van der Waals surface area contributed by atoms with Crippen molar-refractivity contribution in [2.75, 3.05) is 13.1 Å². The molecule has 0 aromatic carbocycles. The molecule has 1 aliphatic heterocycles. The van der Waals surface area contributed by atoms with Gasteiger partial charge in [0.05, 0.1) is 5.25 Å². The molecule has 0 bridgehead atoms. The van der Waals surface area contributed by atoms with Gasteiger partial charge in [0.15, 0.2) is 11.1 Å². The van der Waals surface area contributed by atoms with Crippen LogP contribution in [0.2, 0.25) is 0 Å². The molecule has 2 aliphatic rings. The molecule has 1 N–H and O–H groups in total. The molecule has 1 saturated heterocycles. The summed E-state index contributed by atoms with van der Waals surface area (Å²) in [6, 6.07) is 0. The summed E-state index contributed by atoms with van der Waals surface area (Å²) in [5, 5.41) is -0.207. The second-order valence-corrected chi connectivity index (χ2v) is 4.89. The van der Waals surface area contributed by atoms with Crippen LogP contribution in [0.4, 0.5) is 0 Å².